The third-order valence-corrected chi connectivity index (χ3v) is 3.13. The second-order valence-electron chi connectivity index (χ2n) is 4.24. The van der Waals surface area contributed by atoms with E-state index in [0.717, 1.165) is 17.7 Å². The Labute approximate surface area is 103 Å². The lowest BCUT2D eigenvalue weighted by atomic mass is 9.96. The van der Waals surface area contributed by atoms with Crippen molar-refractivity contribution in [2.24, 2.45) is 5.73 Å². The molecule has 0 saturated carbocycles. The van der Waals surface area contributed by atoms with E-state index in [1.54, 1.807) is 0 Å². The molecule has 2 rings (SSSR count). The molecule has 2 aromatic rings. The van der Waals surface area contributed by atoms with Crippen LogP contribution in [0.4, 0.5) is 0 Å². The van der Waals surface area contributed by atoms with Gasteiger partial charge in [0.25, 0.3) is 0 Å². The highest BCUT2D eigenvalue weighted by Crippen LogP contribution is 2.23. The second kappa shape index (κ2) is 5.11. The Morgan fingerprint density at radius 3 is 2.65 bits per heavy atom. The van der Waals surface area contributed by atoms with Gasteiger partial charge >= 0.3 is 0 Å². The van der Waals surface area contributed by atoms with Crippen LogP contribution in [0.2, 0.25) is 0 Å². The van der Waals surface area contributed by atoms with Crippen LogP contribution in [-0.4, -0.2) is 4.98 Å². The van der Waals surface area contributed by atoms with Gasteiger partial charge in [-0.3, -0.25) is 4.98 Å². The van der Waals surface area contributed by atoms with Crippen molar-refractivity contribution in [1.29, 1.82) is 0 Å². The maximum absolute atomic E-state index is 6.33. The van der Waals surface area contributed by atoms with E-state index < -0.39 is 0 Å². The molecule has 2 heteroatoms. The summed E-state index contributed by atoms with van der Waals surface area (Å²) in [6.07, 6.45) is 2.77. The Bertz CT molecular complexity index is 506. The lowest BCUT2D eigenvalue weighted by Crippen LogP contribution is -2.16. The number of nitrogens with zero attached hydrogens (tertiary/aromatic N) is 1. The zero-order valence-corrected chi connectivity index (χ0v) is 10.4. The molecule has 2 nitrogen and oxygen atoms in total. The van der Waals surface area contributed by atoms with Gasteiger partial charge in [-0.05, 0) is 36.1 Å². The molecule has 0 spiro atoms. The standard InChI is InChI=1S/C15H18N2/c1-3-12-8-6-10-17-15(12)14(16)13-9-5-4-7-11(13)2/h4-10,14H,3,16H2,1-2H3. The van der Waals surface area contributed by atoms with Gasteiger partial charge in [-0.2, -0.15) is 0 Å². The van der Waals surface area contributed by atoms with Gasteiger partial charge in [0.1, 0.15) is 0 Å². The van der Waals surface area contributed by atoms with Crippen LogP contribution < -0.4 is 5.73 Å². The van der Waals surface area contributed by atoms with Gasteiger partial charge in [-0.15, -0.1) is 0 Å². The molecule has 0 amide bonds. The van der Waals surface area contributed by atoms with Gasteiger partial charge in [0.05, 0.1) is 11.7 Å². The van der Waals surface area contributed by atoms with Crippen LogP contribution in [0, 0.1) is 6.92 Å². The number of aryl methyl sites for hydroxylation is 2. The lowest BCUT2D eigenvalue weighted by Gasteiger charge is -2.16. The minimum absolute atomic E-state index is 0.132. The van der Waals surface area contributed by atoms with Crippen molar-refractivity contribution in [3.05, 3.63) is 65.0 Å². The summed E-state index contributed by atoms with van der Waals surface area (Å²) < 4.78 is 0. The zero-order chi connectivity index (χ0) is 12.3. The summed E-state index contributed by atoms with van der Waals surface area (Å²) in [5.74, 6) is 0. The van der Waals surface area contributed by atoms with Crippen molar-refractivity contribution in [2.75, 3.05) is 0 Å². The van der Waals surface area contributed by atoms with E-state index in [0.29, 0.717) is 0 Å². The number of benzene rings is 1. The van der Waals surface area contributed by atoms with Crippen molar-refractivity contribution in [2.45, 2.75) is 26.3 Å². The molecular weight excluding hydrogens is 208 g/mol. The Morgan fingerprint density at radius 1 is 1.18 bits per heavy atom. The van der Waals surface area contributed by atoms with E-state index in [1.165, 1.54) is 11.1 Å². The Balaban J connectivity index is 2.44. The summed E-state index contributed by atoms with van der Waals surface area (Å²) in [6.45, 7) is 4.22. The van der Waals surface area contributed by atoms with Gasteiger partial charge in [-0.25, -0.2) is 0 Å². The van der Waals surface area contributed by atoms with E-state index in [-0.39, 0.29) is 6.04 Å². The number of rotatable bonds is 3. The molecule has 1 heterocycles. The molecule has 0 aliphatic heterocycles. The summed E-state index contributed by atoms with van der Waals surface area (Å²) in [4.78, 5) is 4.44. The number of aromatic nitrogens is 1. The van der Waals surface area contributed by atoms with E-state index in [1.807, 2.05) is 24.4 Å². The van der Waals surface area contributed by atoms with Gasteiger partial charge in [-0.1, -0.05) is 37.3 Å². The number of pyridine rings is 1. The average molecular weight is 226 g/mol. The van der Waals surface area contributed by atoms with Crippen LogP contribution in [0.1, 0.15) is 35.3 Å². The highest BCUT2D eigenvalue weighted by atomic mass is 14.8. The highest BCUT2D eigenvalue weighted by molar-refractivity contribution is 5.36. The SMILES string of the molecule is CCc1cccnc1C(N)c1ccccc1C. The third-order valence-electron chi connectivity index (χ3n) is 3.13. The smallest absolute Gasteiger partial charge is 0.0731 e. The molecule has 17 heavy (non-hydrogen) atoms. The fourth-order valence-corrected chi connectivity index (χ4v) is 2.11. The zero-order valence-electron chi connectivity index (χ0n) is 10.4. The van der Waals surface area contributed by atoms with Gasteiger partial charge in [0.2, 0.25) is 0 Å². The molecule has 0 saturated heterocycles. The van der Waals surface area contributed by atoms with Crippen molar-refractivity contribution in [3.63, 3.8) is 0 Å². The molecule has 1 aromatic carbocycles. The summed E-state index contributed by atoms with van der Waals surface area (Å²) in [7, 11) is 0. The predicted molar refractivity (Wildman–Crippen MR) is 70.8 cm³/mol. The molecule has 1 unspecified atom stereocenters. The molecular formula is C15H18N2. The molecule has 0 bridgehead atoms. The first kappa shape index (κ1) is 11.8. The van der Waals surface area contributed by atoms with Crippen molar-refractivity contribution < 1.29 is 0 Å². The maximum Gasteiger partial charge on any atom is 0.0731 e. The van der Waals surface area contributed by atoms with Gasteiger partial charge in [0, 0.05) is 6.20 Å². The van der Waals surface area contributed by atoms with Crippen LogP contribution in [0.3, 0.4) is 0 Å². The monoisotopic (exact) mass is 226 g/mol. The summed E-state index contributed by atoms with van der Waals surface area (Å²) in [5, 5.41) is 0. The van der Waals surface area contributed by atoms with E-state index >= 15 is 0 Å². The number of hydrogen-bond acceptors (Lipinski definition) is 2. The summed E-state index contributed by atoms with van der Waals surface area (Å²) >= 11 is 0. The van der Waals surface area contributed by atoms with E-state index in [9.17, 15) is 0 Å². The first-order valence-electron chi connectivity index (χ1n) is 5.99. The molecule has 0 fully saturated rings. The predicted octanol–water partition coefficient (Wildman–Crippen LogP) is 3.00. The Kier molecular flexibility index (Phi) is 3.55. The number of nitrogens with two attached hydrogens (primary N) is 1. The first-order valence-corrected chi connectivity index (χ1v) is 5.99. The number of hydrogen-bond donors (Lipinski definition) is 1. The van der Waals surface area contributed by atoms with Gasteiger partial charge < -0.3 is 5.73 Å². The fourth-order valence-electron chi connectivity index (χ4n) is 2.11. The van der Waals surface area contributed by atoms with Crippen molar-refractivity contribution >= 4 is 0 Å². The van der Waals surface area contributed by atoms with Crippen LogP contribution in [0.15, 0.2) is 42.6 Å². The Morgan fingerprint density at radius 2 is 1.94 bits per heavy atom. The molecule has 1 atom stereocenters. The molecule has 2 N–H and O–H groups in total. The van der Waals surface area contributed by atoms with Crippen molar-refractivity contribution in [1.82, 2.24) is 4.98 Å². The molecule has 1 aromatic heterocycles. The van der Waals surface area contributed by atoms with Crippen LogP contribution in [0.5, 0.6) is 0 Å². The maximum atomic E-state index is 6.33. The third kappa shape index (κ3) is 2.37. The topological polar surface area (TPSA) is 38.9 Å². The fraction of sp³-hybridized carbons (Fsp3) is 0.267. The van der Waals surface area contributed by atoms with Crippen LogP contribution >= 0.6 is 0 Å². The first-order chi connectivity index (χ1) is 8.24. The molecule has 0 radical (unpaired) electrons. The van der Waals surface area contributed by atoms with E-state index in [2.05, 4.69) is 37.0 Å². The van der Waals surface area contributed by atoms with Crippen LogP contribution in [0.25, 0.3) is 0 Å². The molecule has 0 aliphatic carbocycles. The minimum atomic E-state index is -0.132. The lowest BCUT2D eigenvalue weighted by molar-refractivity contribution is 0.799. The summed E-state index contributed by atoms with van der Waals surface area (Å²) in [6, 6.07) is 12.2. The quantitative estimate of drug-likeness (QED) is 0.873. The normalized spacial score (nSPS) is 12.4. The largest absolute Gasteiger partial charge is 0.319 e. The van der Waals surface area contributed by atoms with Crippen LogP contribution in [-0.2, 0) is 6.42 Å². The minimum Gasteiger partial charge on any atom is -0.319 e. The molecule has 88 valence electrons. The highest BCUT2D eigenvalue weighted by Gasteiger charge is 2.14. The van der Waals surface area contributed by atoms with Crippen molar-refractivity contribution in [3.8, 4) is 0 Å². The van der Waals surface area contributed by atoms with E-state index in [4.69, 9.17) is 5.73 Å². The molecule has 0 aliphatic rings. The second-order valence-corrected chi connectivity index (χ2v) is 4.24. The summed E-state index contributed by atoms with van der Waals surface area (Å²) in [5.41, 5.74) is 10.9. The van der Waals surface area contributed by atoms with Gasteiger partial charge in [0.15, 0.2) is 0 Å². The average Bonchev–Trinajstić information content (AvgIpc) is 2.38. The Hall–Kier alpha value is -1.67.